The highest BCUT2D eigenvalue weighted by Crippen LogP contribution is 2.32. The lowest BCUT2D eigenvalue weighted by molar-refractivity contribution is -0.143. The van der Waals surface area contributed by atoms with Crippen LogP contribution in [0.1, 0.15) is 56.2 Å². The van der Waals surface area contributed by atoms with Crippen molar-refractivity contribution in [3.8, 4) is 22.5 Å². The topological polar surface area (TPSA) is 122 Å². The molecular formula is C27H31N7O2. The van der Waals surface area contributed by atoms with Crippen LogP contribution in [0.5, 0.6) is 0 Å². The Balaban J connectivity index is 1.27. The molecule has 0 bridgehead atoms. The molecule has 0 spiro atoms. The number of rotatable bonds is 9. The number of nitrogens with zero attached hydrogens (tertiary/aromatic N) is 6. The van der Waals surface area contributed by atoms with Gasteiger partial charge in [0, 0.05) is 18.4 Å². The molecule has 2 N–H and O–H groups in total. The molecule has 9 heteroatoms. The quantitative estimate of drug-likeness (QED) is 0.356. The van der Waals surface area contributed by atoms with Gasteiger partial charge in [-0.2, -0.15) is 10.3 Å². The summed E-state index contributed by atoms with van der Waals surface area (Å²) in [5, 5.41) is 28.5. The van der Waals surface area contributed by atoms with E-state index >= 15 is 0 Å². The molecule has 1 aliphatic rings. The molecule has 1 fully saturated rings. The van der Waals surface area contributed by atoms with Crippen LogP contribution in [0.25, 0.3) is 22.5 Å². The SMILES string of the molecule is CCc1nc(CCC2CCC(C(=O)O)CC2)n(Cc2ccc(-c3ccccc3-c3nn[nH]n3)cc2)n1. The van der Waals surface area contributed by atoms with E-state index in [4.69, 9.17) is 10.1 Å². The Morgan fingerprint density at radius 2 is 1.81 bits per heavy atom. The lowest BCUT2D eigenvalue weighted by atomic mass is 9.80. The fourth-order valence-corrected chi connectivity index (χ4v) is 5.09. The summed E-state index contributed by atoms with van der Waals surface area (Å²) in [6.45, 7) is 2.74. The fraction of sp³-hybridized carbons (Fsp3) is 0.407. The number of carbonyl (C=O) groups is 1. The van der Waals surface area contributed by atoms with Crippen LogP contribution in [0.15, 0.2) is 48.5 Å². The Bertz CT molecular complexity index is 1290. The standard InChI is InChI=1S/C27H31N7O2/c1-2-24-28-25(16-11-18-7-14-21(15-8-18)27(35)36)34(31-24)17-19-9-12-20(13-10-19)22-5-3-4-6-23(22)26-29-32-33-30-26/h3-6,9-10,12-13,18,21H,2,7-8,11,14-17H2,1H3,(H,35,36)(H,29,30,32,33). The van der Waals surface area contributed by atoms with Crippen LogP contribution in [0.4, 0.5) is 0 Å². The minimum Gasteiger partial charge on any atom is -0.481 e. The molecule has 0 atom stereocenters. The number of hydrogen-bond donors (Lipinski definition) is 2. The van der Waals surface area contributed by atoms with Gasteiger partial charge >= 0.3 is 5.97 Å². The van der Waals surface area contributed by atoms with Crippen LogP contribution in [-0.4, -0.2) is 46.5 Å². The zero-order valence-corrected chi connectivity index (χ0v) is 20.5. The van der Waals surface area contributed by atoms with Crippen molar-refractivity contribution in [3.63, 3.8) is 0 Å². The molecule has 4 aromatic rings. The van der Waals surface area contributed by atoms with Crippen molar-refractivity contribution in [2.45, 2.75) is 58.4 Å². The molecule has 9 nitrogen and oxygen atoms in total. The van der Waals surface area contributed by atoms with Crippen LogP contribution in [-0.2, 0) is 24.2 Å². The summed E-state index contributed by atoms with van der Waals surface area (Å²) in [6, 6.07) is 16.5. The summed E-state index contributed by atoms with van der Waals surface area (Å²) in [7, 11) is 0. The van der Waals surface area contributed by atoms with Gasteiger partial charge in [-0.15, -0.1) is 10.2 Å². The minimum atomic E-state index is -0.648. The highest BCUT2D eigenvalue weighted by molar-refractivity contribution is 5.80. The van der Waals surface area contributed by atoms with Gasteiger partial charge in [-0.1, -0.05) is 55.5 Å². The Kier molecular flexibility index (Phi) is 7.16. The number of carboxylic acids is 1. The molecule has 1 aliphatic carbocycles. The predicted octanol–water partition coefficient (Wildman–Crippen LogP) is 4.56. The van der Waals surface area contributed by atoms with Gasteiger partial charge in [-0.3, -0.25) is 4.79 Å². The average Bonchev–Trinajstić information content (AvgIpc) is 3.58. The Morgan fingerprint density at radius 1 is 1.06 bits per heavy atom. The van der Waals surface area contributed by atoms with Crippen LogP contribution < -0.4 is 0 Å². The van der Waals surface area contributed by atoms with Crippen LogP contribution in [0, 0.1) is 11.8 Å². The molecule has 186 valence electrons. The first-order valence-electron chi connectivity index (χ1n) is 12.7. The molecule has 1 saturated carbocycles. The van der Waals surface area contributed by atoms with Gasteiger partial charge < -0.3 is 5.11 Å². The summed E-state index contributed by atoms with van der Waals surface area (Å²) in [6.07, 6.45) is 6.24. The molecule has 2 aromatic heterocycles. The van der Waals surface area contributed by atoms with Gasteiger partial charge in [0.05, 0.1) is 12.5 Å². The van der Waals surface area contributed by atoms with E-state index in [1.54, 1.807) is 0 Å². The maximum absolute atomic E-state index is 11.2. The van der Waals surface area contributed by atoms with Crippen molar-refractivity contribution in [3.05, 3.63) is 65.7 Å². The predicted molar refractivity (Wildman–Crippen MR) is 135 cm³/mol. The molecule has 0 unspecified atom stereocenters. The first kappa shape index (κ1) is 23.8. The third kappa shape index (κ3) is 5.35. The van der Waals surface area contributed by atoms with Crippen molar-refractivity contribution in [2.24, 2.45) is 11.8 Å². The first-order valence-corrected chi connectivity index (χ1v) is 12.7. The Hall–Kier alpha value is -3.88. The molecule has 0 saturated heterocycles. The highest BCUT2D eigenvalue weighted by atomic mass is 16.4. The molecule has 2 heterocycles. The highest BCUT2D eigenvalue weighted by Gasteiger charge is 2.26. The van der Waals surface area contributed by atoms with Gasteiger partial charge in [-0.05, 0) is 59.9 Å². The van der Waals surface area contributed by atoms with Gasteiger partial charge in [0.1, 0.15) is 5.82 Å². The number of benzene rings is 2. The minimum absolute atomic E-state index is 0.168. The lowest BCUT2D eigenvalue weighted by Gasteiger charge is -2.25. The molecule has 0 aliphatic heterocycles. The number of aryl methyl sites for hydroxylation is 2. The van der Waals surface area contributed by atoms with Gasteiger partial charge in [0.25, 0.3) is 0 Å². The smallest absolute Gasteiger partial charge is 0.306 e. The summed E-state index contributed by atoms with van der Waals surface area (Å²) >= 11 is 0. The second-order valence-corrected chi connectivity index (χ2v) is 9.53. The number of nitrogens with one attached hydrogen (secondary N) is 1. The number of aromatic nitrogens is 7. The average molecular weight is 486 g/mol. The van der Waals surface area contributed by atoms with E-state index < -0.39 is 5.97 Å². The number of carboxylic acid groups (broad SMARTS) is 1. The molecule has 36 heavy (non-hydrogen) atoms. The van der Waals surface area contributed by atoms with Crippen molar-refractivity contribution in [2.75, 3.05) is 0 Å². The number of H-pyrrole nitrogens is 1. The Labute approximate surface area is 210 Å². The third-order valence-corrected chi connectivity index (χ3v) is 7.19. The van der Waals surface area contributed by atoms with E-state index in [9.17, 15) is 9.90 Å². The van der Waals surface area contributed by atoms with Gasteiger partial charge in [0.15, 0.2) is 5.82 Å². The number of aromatic amines is 1. The van der Waals surface area contributed by atoms with Crippen LogP contribution in [0.2, 0.25) is 0 Å². The summed E-state index contributed by atoms with van der Waals surface area (Å²) in [5.74, 6) is 2.20. The van der Waals surface area contributed by atoms with E-state index in [1.807, 2.05) is 22.9 Å². The van der Waals surface area contributed by atoms with E-state index in [0.29, 0.717) is 18.3 Å². The van der Waals surface area contributed by atoms with Gasteiger partial charge in [0.2, 0.25) is 5.82 Å². The summed E-state index contributed by atoms with van der Waals surface area (Å²) in [5.41, 5.74) is 4.23. The zero-order valence-electron chi connectivity index (χ0n) is 20.5. The second kappa shape index (κ2) is 10.8. The zero-order chi connectivity index (χ0) is 24.9. The maximum Gasteiger partial charge on any atom is 0.306 e. The largest absolute Gasteiger partial charge is 0.481 e. The normalized spacial score (nSPS) is 17.8. The Morgan fingerprint density at radius 3 is 2.47 bits per heavy atom. The van der Waals surface area contributed by atoms with E-state index in [2.05, 4.69) is 57.9 Å². The van der Waals surface area contributed by atoms with E-state index in [1.165, 1.54) is 0 Å². The van der Waals surface area contributed by atoms with Gasteiger partial charge in [-0.25, -0.2) is 9.67 Å². The van der Waals surface area contributed by atoms with Crippen LogP contribution in [0.3, 0.4) is 0 Å². The number of tetrazole rings is 1. The number of hydrogen-bond acceptors (Lipinski definition) is 6. The lowest BCUT2D eigenvalue weighted by Crippen LogP contribution is -2.22. The monoisotopic (exact) mass is 485 g/mol. The molecule has 0 amide bonds. The van der Waals surface area contributed by atoms with Crippen molar-refractivity contribution in [1.29, 1.82) is 0 Å². The molecule has 0 radical (unpaired) electrons. The van der Waals surface area contributed by atoms with Crippen molar-refractivity contribution < 1.29 is 9.90 Å². The molecule has 2 aromatic carbocycles. The second-order valence-electron chi connectivity index (χ2n) is 9.53. The van der Waals surface area contributed by atoms with Crippen molar-refractivity contribution in [1.82, 2.24) is 35.4 Å². The van der Waals surface area contributed by atoms with Crippen molar-refractivity contribution >= 4 is 5.97 Å². The molecule has 5 rings (SSSR count). The van der Waals surface area contributed by atoms with Crippen LogP contribution >= 0.6 is 0 Å². The third-order valence-electron chi connectivity index (χ3n) is 7.19. The fourth-order valence-electron chi connectivity index (χ4n) is 5.09. The number of aliphatic carboxylic acids is 1. The summed E-state index contributed by atoms with van der Waals surface area (Å²) in [4.78, 5) is 16.0. The summed E-state index contributed by atoms with van der Waals surface area (Å²) < 4.78 is 2.03. The van der Waals surface area contributed by atoms with E-state index in [0.717, 1.165) is 78.8 Å². The maximum atomic E-state index is 11.2. The molecular weight excluding hydrogens is 454 g/mol. The first-order chi connectivity index (χ1) is 17.6. The van der Waals surface area contributed by atoms with E-state index in [-0.39, 0.29) is 5.92 Å².